The lowest BCUT2D eigenvalue weighted by atomic mass is 9.99. The molecule has 2 aromatic carbocycles. The fourth-order valence-corrected chi connectivity index (χ4v) is 3.10. The van der Waals surface area contributed by atoms with Gasteiger partial charge in [0.25, 0.3) is 5.91 Å². The Bertz CT molecular complexity index is 1010. The fraction of sp³-hybridized carbons (Fsp3) is 0.273. The van der Waals surface area contributed by atoms with E-state index in [2.05, 4.69) is 15.4 Å². The van der Waals surface area contributed by atoms with Crippen molar-refractivity contribution in [1.29, 1.82) is 0 Å². The Morgan fingerprint density at radius 2 is 1.61 bits per heavy atom. The number of nitrogens with one attached hydrogen (secondary N) is 1. The second-order valence-electron chi connectivity index (χ2n) is 7.15. The van der Waals surface area contributed by atoms with E-state index in [-0.39, 0.29) is 23.7 Å². The van der Waals surface area contributed by atoms with Crippen molar-refractivity contribution in [3.05, 3.63) is 71.8 Å². The van der Waals surface area contributed by atoms with Gasteiger partial charge in [0, 0.05) is 18.2 Å². The molecule has 0 spiro atoms. The zero-order chi connectivity index (χ0) is 20.3. The summed E-state index contributed by atoms with van der Waals surface area (Å²) in [4.78, 5) is 28.8. The highest BCUT2D eigenvalue weighted by atomic mass is 16.1. The topological polar surface area (TPSA) is 76.9 Å². The van der Waals surface area contributed by atoms with Gasteiger partial charge < -0.3 is 5.32 Å². The molecule has 0 aliphatic heterocycles. The number of Topliss-reactive ketones (excluding diaryl/α,β-unsaturated/α-hetero) is 1. The van der Waals surface area contributed by atoms with Gasteiger partial charge in [-0.15, -0.1) is 0 Å². The maximum Gasteiger partial charge on any atom is 0.251 e. The molecule has 1 amide bonds. The van der Waals surface area contributed by atoms with Crippen LogP contribution in [0.3, 0.4) is 0 Å². The summed E-state index contributed by atoms with van der Waals surface area (Å²) in [7, 11) is 1.81. The van der Waals surface area contributed by atoms with Crippen molar-refractivity contribution in [2.24, 2.45) is 13.0 Å². The number of aryl methyl sites for hydroxylation is 1. The number of nitrogens with zero attached hydrogens (tertiary/aromatic N) is 3. The average molecular weight is 376 g/mol. The highest BCUT2D eigenvalue weighted by Gasteiger charge is 2.23. The molecule has 1 aromatic heterocycles. The van der Waals surface area contributed by atoms with Crippen molar-refractivity contribution < 1.29 is 9.59 Å². The second-order valence-corrected chi connectivity index (χ2v) is 7.15. The minimum atomic E-state index is -0.246. The first kappa shape index (κ1) is 19.5. The molecule has 0 saturated heterocycles. The van der Waals surface area contributed by atoms with Gasteiger partial charge in [-0.25, -0.2) is 4.98 Å². The highest BCUT2D eigenvalue weighted by molar-refractivity contribution is 5.97. The molecule has 0 fully saturated rings. The fourth-order valence-electron chi connectivity index (χ4n) is 3.10. The lowest BCUT2D eigenvalue weighted by molar-refractivity contribution is 0.0921. The summed E-state index contributed by atoms with van der Waals surface area (Å²) in [5.74, 6) is 0.710. The van der Waals surface area contributed by atoms with E-state index in [1.165, 1.54) is 6.33 Å². The van der Waals surface area contributed by atoms with Gasteiger partial charge in [0.1, 0.15) is 12.2 Å². The Balaban J connectivity index is 1.87. The van der Waals surface area contributed by atoms with Gasteiger partial charge >= 0.3 is 0 Å². The maximum absolute atomic E-state index is 12.9. The highest BCUT2D eigenvalue weighted by Crippen LogP contribution is 2.23. The molecule has 1 N–H and O–H groups in total. The monoisotopic (exact) mass is 376 g/mol. The molecule has 0 unspecified atom stereocenters. The Morgan fingerprint density at radius 3 is 2.14 bits per heavy atom. The van der Waals surface area contributed by atoms with Crippen molar-refractivity contribution in [3.8, 4) is 11.1 Å². The molecule has 0 aliphatic carbocycles. The van der Waals surface area contributed by atoms with E-state index in [1.807, 2.05) is 57.3 Å². The van der Waals surface area contributed by atoms with Crippen LogP contribution < -0.4 is 5.32 Å². The number of hydrogen-bond acceptors (Lipinski definition) is 4. The minimum Gasteiger partial charge on any atom is -0.342 e. The summed E-state index contributed by atoms with van der Waals surface area (Å²) in [5.41, 5.74) is 2.99. The first-order valence-electron chi connectivity index (χ1n) is 9.23. The number of carbonyl (C=O) groups excluding carboxylic acids is 2. The van der Waals surface area contributed by atoms with Gasteiger partial charge in [-0.2, -0.15) is 5.10 Å². The quantitative estimate of drug-likeness (QED) is 0.664. The lowest BCUT2D eigenvalue weighted by Crippen LogP contribution is -2.33. The van der Waals surface area contributed by atoms with E-state index < -0.39 is 0 Å². The van der Waals surface area contributed by atoms with Crippen LogP contribution in [0.5, 0.6) is 0 Å². The molecule has 3 rings (SSSR count). The summed E-state index contributed by atoms with van der Waals surface area (Å²) < 4.78 is 1.68. The first-order valence-corrected chi connectivity index (χ1v) is 9.23. The van der Waals surface area contributed by atoms with Crippen LogP contribution in [0.25, 0.3) is 11.1 Å². The van der Waals surface area contributed by atoms with Crippen LogP contribution in [0.2, 0.25) is 0 Å². The van der Waals surface area contributed by atoms with Crippen molar-refractivity contribution in [3.63, 3.8) is 0 Å². The van der Waals surface area contributed by atoms with E-state index in [4.69, 9.17) is 0 Å². The summed E-state index contributed by atoms with van der Waals surface area (Å²) in [6.45, 7) is 5.61. The van der Waals surface area contributed by atoms with Crippen LogP contribution >= 0.6 is 0 Å². The summed E-state index contributed by atoms with van der Waals surface area (Å²) in [5, 5.41) is 7.17. The summed E-state index contributed by atoms with van der Waals surface area (Å²) in [6.07, 6.45) is 1.49. The molecule has 144 valence electrons. The third-order valence-electron chi connectivity index (χ3n) is 4.71. The van der Waals surface area contributed by atoms with Crippen LogP contribution in [-0.4, -0.2) is 26.5 Å². The Hall–Kier alpha value is -3.28. The molecule has 0 saturated carbocycles. The van der Waals surface area contributed by atoms with Gasteiger partial charge in [-0.05, 0) is 42.2 Å². The van der Waals surface area contributed by atoms with Crippen LogP contribution in [0, 0.1) is 5.92 Å². The molecule has 6 heteroatoms. The predicted octanol–water partition coefficient (Wildman–Crippen LogP) is 3.81. The zero-order valence-electron chi connectivity index (χ0n) is 16.5. The van der Waals surface area contributed by atoms with E-state index in [9.17, 15) is 9.59 Å². The third-order valence-corrected chi connectivity index (χ3v) is 4.71. The van der Waals surface area contributed by atoms with Crippen LogP contribution in [0.1, 0.15) is 53.4 Å². The molecular formula is C22H24N4O2. The summed E-state index contributed by atoms with van der Waals surface area (Å²) in [6, 6.07) is 14.6. The average Bonchev–Trinajstić information content (AvgIpc) is 3.11. The smallest absolute Gasteiger partial charge is 0.251 e. The van der Waals surface area contributed by atoms with Crippen LogP contribution in [0.4, 0.5) is 0 Å². The zero-order valence-corrected chi connectivity index (χ0v) is 16.5. The molecule has 6 nitrogen and oxygen atoms in total. The number of carbonyl (C=O) groups is 2. The van der Waals surface area contributed by atoms with E-state index in [0.29, 0.717) is 17.0 Å². The molecule has 0 radical (unpaired) electrons. The normalized spacial score (nSPS) is 12.0. The molecule has 1 atom stereocenters. The summed E-state index contributed by atoms with van der Waals surface area (Å²) >= 11 is 0. The number of hydrogen-bond donors (Lipinski definition) is 1. The number of amides is 1. The largest absolute Gasteiger partial charge is 0.342 e. The van der Waals surface area contributed by atoms with Crippen LogP contribution in [0.15, 0.2) is 54.9 Å². The number of rotatable bonds is 6. The van der Waals surface area contributed by atoms with Crippen molar-refractivity contribution in [2.45, 2.75) is 26.8 Å². The number of aromatic nitrogens is 3. The van der Waals surface area contributed by atoms with Gasteiger partial charge in [-0.3, -0.25) is 14.3 Å². The van der Waals surface area contributed by atoms with Crippen molar-refractivity contribution in [2.75, 3.05) is 0 Å². The van der Waals surface area contributed by atoms with E-state index in [1.54, 1.807) is 23.7 Å². The molecule has 1 heterocycles. The van der Waals surface area contributed by atoms with Crippen LogP contribution in [-0.2, 0) is 7.05 Å². The number of benzene rings is 2. The van der Waals surface area contributed by atoms with Gasteiger partial charge in [0.2, 0.25) is 0 Å². The lowest BCUT2D eigenvalue weighted by Gasteiger charge is -2.21. The molecular weight excluding hydrogens is 352 g/mol. The predicted molar refractivity (Wildman–Crippen MR) is 108 cm³/mol. The first-order chi connectivity index (χ1) is 13.4. The van der Waals surface area contributed by atoms with Gasteiger partial charge in [-0.1, -0.05) is 44.2 Å². The number of ketones is 1. The van der Waals surface area contributed by atoms with Crippen molar-refractivity contribution >= 4 is 11.7 Å². The Labute approximate surface area is 164 Å². The molecule has 0 bridgehead atoms. The standard InChI is InChI=1S/C22H24N4O2/c1-14(2)20(21-23-13-24-26(21)4)25-22(28)19-10-6-9-18(12-19)17-8-5-7-16(11-17)15(3)27/h5-14,20H,1-4H3,(H,25,28)/t20-/m0/s1. The minimum absolute atomic E-state index is 0.0131. The third kappa shape index (κ3) is 4.17. The van der Waals surface area contributed by atoms with Crippen molar-refractivity contribution in [1.82, 2.24) is 20.1 Å². The maximum atomic E-state index is 12.9. The Morgan fingerprint density at radius 1 is 1.00 bits per heavy atom. The van der Waals surface area contributed by atoms with Gasteiger partial charge in [0.15, 0.2) is 5.78 Å². The second kappa shape index (κ2) is 8.17. The van der Waals surface area contributed by atoms with Gasteiger partial charge in [0.05, 0.1) is 6.04 Å². The molecule has 0 aliphatic rings. The van der Waals surface area contributed by atoms with E-state index in [0.717, 1.165) is 11.1 Å². The molecule has 3 aromatic rings. The Kier molecular flexibility index (Phi) is 5.68. The van der Waals surface area contributed by atoms with E-state index >= 15 is 0 Å². The SMILES string of the molecule is CC(=O)c1cccc(-c2cccc(C(=O)N[C@H](c3ncnn3C)C(C)C)c2)c1. The molecule has 28 heavy (non-hydrogen) atoms.